The van der Waals surface area contributed by atoms with Crippen LogP contribution in [0.4, 0.5) is 5.69 Å². The molecule has 0 N–H and O–H groups in total. The highest BCUT2D eigenvalue weighted by atomic mass is 16.1. The summed E-state index contributed by atoms with van der Waals surface area (Å²) in [5.41, 5.74) is 4.07. The Balaban J connectivity index is 1.96. The lowest BCUT2D eigenvalue weighted by Crippen LogP contribution is -2.48. The van der Waals surface area contributed by atoms with Gasteiger partial charge in [0, 0.05) is 38.3 Å². The van der Waals surface area contributed by atoms with Crippen molar-refractivity contribution in [1.29, 1.82) is 0 Å². The van der Waals surface area contributed by atoms with Crippen molar-refractivity contribution in [2.24, 2.45) is 0 Å². The smallest absolute Gasteiger partial charge is 0.146 e. The molecular formula is C16H24N2O. The summed E-state index contributed by atoms with van der Waals surface area (Å²) in [6, 6.07) is 6.49. The molecule has 1 aromatic carbocycles. The molecule has 1 aliphatic heterocycles. The van der Waals surface area contributed by atoms with E-state index in [1.807, 2.05) is 6.92 Å². The molecule has 0 unspecified atom stereocenters. The summed E-state index contributed by atoms with van der Waals surface area (Å²) < 4.78 is 0. The molecule has 0 aromatic heterocycles. The molecule has 1 aromatic rings. The minimum Gasteiger partial charge on any atom is -0.369 e. The maximum Gasteiger partial charge on any atom is 0.146 e. The van der Waals surface area contributed by atoms with Crippen LogP contribution < -0.4 is 4.90 Å². The van der Waals surface area contributed by atoms with Crippen LogP contribution in [0.2, 0.25) is 0 Å². The molecule has 0 radical (unpaired) electrons. The quantitative estimate of drug-likeness (QED) is 0.830. The highest BCUT2D eigenvalue weighted by Gasteiger charge is 2.19. The topological polar surface area (TPSA) is 23.6 Å². The zero-order chi connectivity index (χ0) is 13.8. The van der Waals surface area contributed by atoms with Crippen molar-refractivity contribution in [2.45, 2.75) is 27.2 Å². The molecule has 0 atom stereocenters. The Labute approximate surface area is 116 Å². The number of Topliss-reactive ketones (excluding diaryl/α,β-unsaturated/α-hetero) is 1. The van der Waals surface area contributed by atoms with Gasteiger partial charge in [-0.05, 0) is 31.0 Å². The maximum atomic E-state index is 11.5. The van der Waals surface area contributed by atoms with Gasteiger partial charge in [-0.2, -0.15) is 0 Å². The van der Waals surface area contributed by atoms with Gasteiger partial charge in [-0.15, -0.1) is 0 Å². The Morgan fingerprint density at radius 2 is 1.84 bits per heavy atom. The van der Waals surface area contributed by atoms with Gasteiger partial charge in [0.05, 0.1) is 6.54 Å². The van der Waals surface area contributed by atoms with Gasteiger partial charge in [0.2, 0.25) is 0 Å². The molecule has 2 rings (SSSR count). The van der Waals surface area contributed by atoms with E-state index in [0.717, 1.165) is 26.2 Å². The first-order valence-corrected chi connectivity index (χ1v) is 7.17. The summed E-state index contributed by atoms with van der Waals surface area (Å²) >= 11 is 0. The van der Waals surface area contributed by atoms with E-state index >= 15 is 0 Å². The van der Waals surface area contributed by atoms with Gasteiger partial charge in [-0.1, -0.05) is 19.1 Å². The molecule has 19 heavy (non-hydrogen) atoms. The second-order valence-electron chi connectivity index (χ2n) is 5.37. The number of carbonyl (C=O) groups excluding carboxylic acids is 1. The zero-order valence-corrected chi connectivity index (χ0v) is 12.3. The summed E-state index contributed by atoms with van der Waals surface area (Å²) in [5, 5.41) is 0. The molecule has 0 amide bonds. The standard InChI is InChI=1S/C16H24N2O/c1-4-15(19)12-17-8-10-18(11-9-17)16-7-5-6-13(2)14(16)3/h5-7H,4,8-12H2,1-3H3. The van der Waals surface area contributed by atoms with Crippen molar-refractivity contribution in [3.05, 3.63) is 29.3 Å². The summed E-state index contributed by atoms with van der Waals surface area (Å²) in [6.45, 7) is 10.9. The Morgan fingerprint density at radius 3 is 2.47 bits per heavy atom. The molecule has 1 heterocycles. The van der Waals surface area contributed by atoms with Gasteiger partial charge in [0.15, 0.2) is 0 Å². The van der Waals surface area contributed by atoms with Crippen molar-refractivity contribution in [1.82, 2.24) is 4.90 Å². The average molecular weight is 260 g/mol. The van der Waals surface area contributed by atoms with Crippen LogP contribution in [0.5, 0.6) is 0 Å². The summed E-state index contributed by atoms with van der Waals surface area (Å²) in [6.07, 6.45) is 0.650. The molecule has 3 heteroatoms. The number of rotatable bonds is 4. The minimum atomic E-state index is 0.347. The number of anilines is 1. The van der Waals surface area contributed by atoms with E-state index in [9.17, 15) is 4.79 Å². The third-order valence-corrected chi connectivity index (χ3v) is 4.08. The normalized spacial score (nSPS) is 16.7. The minimum absolute atomic E-state index is 0.347. The van der Waals surface area contributed by atoms with Crippen LogP contribution in [0, 0.1) is 13.8 Å². The average Bonchev–Trinajstić information content (AvgIpc) is 2.43. The Bertz CT molecular complexity index is 448. The maximum absolute atomic E-state index is 11.5. The molecule has 0 bridgehead atoms. The first kappa shape index (κ1) is 14.1. The lowest BCUT2D eigenvalue weighted by atomic mass is 10.1. The molecule has 1 aliphatic rings. The molecule has 1 saturated heterocycles. The zero-order valence-electron chi connectivity index (χ0n) is 12.3. The molecule has 104 valence electrons. The number of benzene rings is 1. The molecular weight excluding hydrogens is 236 g/mol. The SMILES string of the molecule is CCC(=O)CN1CCN(c2cccc(C)c2C)CC1. The number of hydrogen-bond acceptors (Lipinski definition) is 3. The predicted molar refractivity (Wildman–Crippen MR) is 79.9 cm³/mol. The second kappa shape index (κ2) is 6.20. The first-order chi connectivity index (χ1) is 9.11. The van der Waals surface area contributed by atoms with Crippen molar-refractivity contribution < 1.29 is 4.79 Å². The van der Waals surface area contributed by atoms with Gasteiger partial charge in [-0.3, -0.25) is 9.69 Å². The largest absolute Gasteiger partial charge is 0.369 e. The number of piperazine rings is 1. The van der Waals surface area contributed by atoms with Crippen LogP contribution in [-0.2, 0) is 4.79 Å². The highest BCUT2D eigenvalue weighted by Crippen LogP contribution is 2.23. The van der Waals surface area contributed by atoms with E-state index in [1.165, 1.54) is 16.8 Å². The summed E-state index contributed by atoms with van der Waals surface area (Å²) in [5.74, 6) is 0.347. The summed E-state index contributed by atoms with van der Waals surface area (Å²) in [7, 11) is 0. The fourth-order valence-corrected chi connectivity index (χ4v) is 2.59. The lowest BCUT2D eigenvalue weighted by molar-refractivity contribution is -0.119. The van der Waals surface area contributed by atoms with E-state index in [2.05, 4.69) is 41.8 Å². The Hall–Kier alpha value is -1.35. The number of ketones is 1. The molecule has 3 nitrogen and oxygen atoms in total. The van der Waals surface area contributed by atoms with Crippen LogP contribution in [0.1, 0.15) is 24.5 Å². The predicted octanol–water partition coefficient (Wildman–Crippen LogP) is 2.40. The van der Waals surface area contributed by atoms with E-state index < -0.39 is 0 Å². The third-order valence-electron chi connectivity index (χ3n) is 4.08. The van der Waals surface area contributed by atoms with Crippen molar-refractivity contribution in [3.8, 4) is 0 Å². The number of nitrogens with zero attached hydrogens (tertiary/aromatic N) is 2. The number of aryl methyl sites for hydroxylation is 1. The van der Waals surface area contributed by atoms with Gasteiger partial charge < -0.3 is 4.90 Å². The van der Waals surface area contributed by atoms with Crippen LogP contribution in [0.15, 0.2) is 18.2 Å². The van der Waals surface area contributed by atoms with Gasteiger partial charge >= 0.3 is 0 Å². The van der Waals surface area contributed by atoms with Crippen LogP contribution in [0.3, 0.4) is 0 Å². The Morgan fingerprint density at radius 1 is 1.16 bits per heavy atom. The van der Waals surface area contributed by atoms with E-state index in [4.69, 9.17) is 0 Å². The third kappa shape index (κ3) is 3.35. The summed E-state index contributed by atoms with van der Waals surface area (Å²) in [4.78, 5) is 16.2. The highest BCUT2D eigenvalue weighted by molar-refractivity contribution is 5.80. The molecule has 0 saturated carbocycles. The number of hydrogen-bond donors (Lipinski definition) is 0. The lowest BCUT2D eigenvalue weighted by Gasteiger charge is -2.36. The Kier molecular flexibility index (Phi) is 4.59. The molecule has 1 fully saturated rings. The monoisotopic (exact) mass is 260 g/mol. The van der Waals surface area contributed by atoms with E-state index in [-0.39, 0.29) is 0 Å². The molecule has 0 aliphatic carbocycles. The fraction of sp³-hybridized carbons (Fsp3) is 0.562. The van der Waals surface area contributed by atoms with E-state index in [1.54, 1.807) is 0 Å². The van der Waals surface area contributed by atoms with Crippen LogP contribution >= 0.6 is 0 Å². The van der Waals surface area contributed by atoms with Gasteiger partial charge in [0.25, 0.3) is 0 Å². The van der Waals surface area contributed by atoms with Crippen LogP contribution in [0.25, 0.3) is 0 Å². The first-order valence-electron chi connectivity index (χ1n) is 7.17. The number of carbonyl (C=O) groups is 1. The van der Waals surface area contributed by atoms with Crippen molar-refractivity contribution in [2.75, 3.05) is 37.6 Å². The van der Waals surface area contributed by atoms with Crippen molar-refractivity contribution in [3.63, 3.8) is 0 Å². The fourth-order valence-electron chi connectivity index (χ4n) is 2.59. The molecule has 0 spiro atoms. The van der Waals surface area contributed by atoms with Gasteiger partial charge in [-0.25, -0.2) is 0 Å². The van der Waals surface area contributed by atoms with Gasteiger partial charge in [0.1, 0.15) is 5.78 Å². The van der Waals surface area contributed by atoms with E-state index in [0.29, 0.717) is 18.7 Å². The second-order valence-corrected chi connectivity index (χ2v) is 5.37. The van der Waals surface area contributed by atoms with Crippen molar-refractivity contribution >= 4 is 11.5 Å². The van der Waals surface area contributed by atoms with Crippen LogP contribution in [-0.4, -0.2) is 43.4 Å².